The topological polar surface area (TPSA) is 68.8 Å². The molecule has 20 heavy (non-hydrogen) atoms. The number of aromatic nitrogens is 3. The zero-order valence-electron chi connectivity index (χ0n) is 10.9. The van der Waals surface area contributed by atoms with Crippen LogP contribution in [0.2, 0.25) is 0 Å². The first kappa shape index (κ1) is 12.2. The zero-order chi connectivity index (χ0) is 13.8. The predicted octanol–water partition coefficient (Wildman–Crippen LogP) is 2.46. The Kier molecular flexibility index (Phi) is 3.33. The Morgan fingerprint density at radius 3 is 2.75 bits per heavy atom. The monoisotopic (exact) mass is 265 g/mol. The Labute approximate surface area is 117 Å². The Hall–Kier alpha value is -2.82. The average Bonchev–Trinajstić information content (AvgIpc) is 3.00. The molecule has 0 radical (unpaired) electrons. The standard InChI is InChI=1S/C15H15N5/c16-14-7-3-8-15(19-14)17-11-12-5-1-2-6-13(12)20-10-4-9-18-20/h1-10H,11H2,(H3,16,17,19). The van der Waals surface area contributed by atoms with Gasteiger partial charge in [0.05, 0.1) is 5.69 Å². The Morgan fingerprint density at radius 2 is 1.95 bits per heavy atom. The molecule has 0 spiro atoms. The van der Waals surface area contributed by atoms with E-state index < -0.39 is 0 Å². The lowest BCUT2D eigenvalue weighted by Crippen LogP contribution is -2.06. The minimum absolute atomic E-state index is 0.510. The number of hydrogen-bond donors (Lipinski definition) is 2. The first-order chi connectivity index (χ1) is 9.83. The molecule has 0 fully saturated rings. The van der Waals surface area contributed by atoms with Crippen molar-refractivity contribution < 1.29 is 0 Å². The van der Waals surface area contributed by atoms with Crippen LogP contribution in [0.1, 0.15) is 5.56 Å². The van der Waals surface area contributed by atoms with Crippen molar-refractivity contribution in [3.63, 3.8) is 0 Å². The minimum Gasteiger partial charge on any atom is -0.384 e. The molecule has 1 aromatic carbocycles. The van der Waals surface area contributed by atoms with Gasteiger partial charge < -0.3 is 11.1 Å². The fourth-order valence-electron chi connectivity index (χ4n) is 2.03. The van der Waals surface area contributed by atoms with Crippen LogP contribution in [-0.2, 0) is 6.54 Å². The van der Waals surface area contributed by atoms with Gasteiger partial charge in [0.2, 0.25) is 0 Å². The van der Waals surface area contributed by atoms with Crippen molar-refractivity contribution in [2.45, 2.75) is 6.54 Å². The number of benzene rings is 1. The molecular formula is C15H15N5. The van der Waals surface area contributed by atoms with Gasteiger partial charge in [0, 0.05) is 18.9 Å². The summed E-state index contributed by atoms with van der Waals surface area (Å²) in [4.78, 5) is 4.22. The van der Waals surface area contributed by atoms with Crippen LogP contribution in [0.25, 0.3) is 5.69 Å². The number of rotatable bonds is 4. The van der Waals surface area contributed by atoms with E-state index in [9.17, 15) is 0 Å². The zero-order valence-corrected chi connectivity index (χ0v) is 10.9. The molecule has 0 unspecified atom stereocenters. The van der Waals surface area contributed by atoms with Gasteiger partial charge in [-0.15, -0.1) is 0 Å². The molecular weight excluding hydrogens is 250 g/mol. The number of nitrogens with zero attached hydrogens (tertiary/aromatic N) is 3. The molecule has 3 rings (SSSR count). The Balaban J connectivity index is 1.81. The van der Waals surface area contributed by atoms with Crippen LogP contribution in [0.3, 0.4) is 0 Å². The lowest BCUT2D eigenvalue weighted by molar-refractivity contribution is 0.863. The van der Waals surface area contributed by atoms with Gasteiger partial charge in [0.1, 0.15) is 11.6 Å². The molecule has 0 amide bonds. The molecule has 5 nitrogen and oxygen atoms in total. The summed E-state index contributed by atoms with van der Waals surface area (Å²) < 4.78 is 1.85. The summed E-state index contributed by atoms with van der Waals surface area (Å²) in [5, 5.41) is 7.54. The van der Waals surface area contributed by atoms with Gasteiger partial charge in [-0.2, -0.15) is 5.10 Å². The average molecular weight is 265 g/mol. The van der Waals surface area contributed by atoms with Crippen LogP contribution in [0.15, 0.2) is 60.9 Å². The molecule has 0 aliphatic rings. The van der Waals surface area contributed by atoms with E-state index in [2.05, 4.69) is 21.5 Å². The second kappa shape index (κ2) is 5.44. The second-order valence-electron chi connectivity index (χ2n) is 4.38. The quantitative estimate of drug-likeness (QED) is 0.760. The van der Waals surface area contributed by atoms with Crippen LogP contribution in [0.5, 0.6) is 0 Å². The van der Waals surface area contributed by atoms with Gasteiger partial charge in [-0.05, 0) is 29.8 Å². The summed E-state index contributed by atoms with van der Waals surface area (Å²) in [6, 6.07) is 15.6. The summed E-state index contributed by atoms with van der Waals surface area (Å²) in [5.41, 5.74) is 7.86. The molecule has 0 atom stereocenters. The highest BCUT2D eigenvalue weighted by molar-refractivity contribution is 5.46. The highest BCUT2D eigenvalue weighted by atomic mass is 15.3. The van der Waals surface area contributed by atoms with E-state index in [1.807, 2.05) is 47.3 Å². The van der Waals surface area contributed by atoms with Crippen molar-refractivity contribution >= 4 is 11.6 Å². The van der Waals surface area contributed by atoms with E-state index in [-0.39, 0.29) is 0 Å². The van der Waals surface area contributed by atoms with E-state index >= 15 is 0 Å². The third kappa shape index (κ3) is 2.61. The maximum atomic E-state index is 5.67. The first-order valence-corrected chi connectivity index (χ1v) is 6.37. The highest BCUT2D eigenvalue weighted by Gasteiger charge is 2.04. The molecule has 100 valence electrons. The third-order valence-corrected chi connectivity index (χ3v) is 2.97. The number of nitrogens with two attached hydrogens (primary N) is 1. The Morgan fingerprint density at radius 1 is 1.05 bits per heavy atom. The van der Waals surface area contributed by atoms with Crippen molar-refractivity contribution in [2.24, 2.45) is 0 Å². The summed E-state index contributed by atoms with van der Waals surface area (Å²) >= 11 is 0. The van der Waals surface area contributed by atoms with E-state index in [1.165, 1.54) is 0 Å². The van der Waals surface area contributed by atoms with Crippen molar-refractivity contribution in [2.75, 3.05) is 11.1 Å². The number of para-hydroxylation sites is 1. The molecule has 0 aliphatic carbocycles. The van der Waals surface area contributed by atoms with Gasteiger partial charge in [-0.1, -0.05) is 24.3 Å². The summed E-state index contributed by atoms with van der Waals surface area (Å²) in [7, 11) is 0. The van der Waals surface area contributed by atoms with E-state index in [1.54, 1.807) is 12.3 Å². The van der Waals surface area contributed by atoms with Crippen molar-refractivity contribution in [1.82, 2.24) is 14.8 Å². The molecule has 0 saturated heterocycles. The van der Waals surface area contributed by atoms with Gasteiger partial charge in [0.15, 0.2) is 0 Å². The number of nitrogen functional groups attached to an aromatic ring is 1. The van der Waals surface area contributed by atoms with Gasteiger partial charge in [-0.3, -0.25) is 0 Å². The summed E-state index contributed by atoms with van der Waals surface area (Å²) in [6.07, 6.45) is 3.70. The van der Waals surface area contributed by atoms with Crippen molar-refractivity contribution in [3.8, 4) is 5.69 Å². The third-order valence-electron chi connectivity index (χ3n) is 2.97. The molecule has 0 bridgehead atoms. The maximum absolute atomic E-state index is 5.67. The van der Waals surface area contributed by atoms with Gasteiger partial charge in [-0.25, -0.2) is 9.67 Å². The molecule has 2 aromatic heterocycles. The van der Waals surface area contributed by atoms with Crippen LogP contribution >= 0.6 is 0 Å². The molecule has 3 N–H and O–H groups in total. The van der Waals surface area contributed by atoms with Crippen LogP contribution in [-0.4, -0.2) is 14.8 Å². The SMILES string of the molecule is Nc1cccc(NCc2ccccc2-n2cccn2)n1. The van der Waals surface area contributed by atoms with Crippen LogP contribution in [0, 0.1) is 0 Å². The molecule has 2 heterocycles. The summed E-state index contributed by atoms with van der Waals surface area (Å²) in [5.74, 6) is 1.27. The van der Waals surface area contributed by atoms with Gasteiger partial charge in [0.25, 0.3) is 0 Å². The van der Waals surface area contributed by atoms with Gasteiger partial charge >= 0.3 is 0 Å². The Bertz CT molecular complexity index is 691. The lowest BCUT2D eigenvalue weighted by atomic mass is 10.2. The van der Waals surface area contributed by atoms with Crippen LogP contribution < -0.4 is 11.1 Å². The number of nitrogens with one attached hydrogen (secondary N) is 1. The summed E-state index contributed by atoms with van der Waals surface area (Å²) in [6.45, 7) is 0.659. The minimum atomic E-state index is 0.510. The largest absolute Gasteiger partial charge is 0.384 e. The number of pyridine rings is 1. The van der Waals surface area contributed by atoms with E-state index in [0.717, 1.165) is 17.1 Å². The highest BCUT2D eigenvalue weighted by Crippen LogP contribution is 2.15. The smallest absolute Gasteiger partial charge is 0.128 e. The predicted molar refractivity (Wildman–Crippen MR) is 79.5 cm³/mol. The fourth-order valence-corrected chi connectivity index (χ4v) is 2.03. The fraction of sp³-hybridized carbons (Fsp3) is 0.0667. The number of anilines is 2. The number of hydrogen-bond acceptors (Lipinski definition) is 4. The van der Waals surface area contributed by atoms with Crippen molar-refractivity contribution in [3.05, 3.63) is 66.5 Å². The first-order valence-electron chi connectivity index (χ1n) is 6.37. The van der Waals surface area contributed by atoms with E-state index in [4.69, 9.17) is 5.73 Å². The second-order valence-corrected chi connectivity index (χ2v) is 4.38. The van der Waals surface area contributed by atoms with Crippen LogP contribution in [0.4, 0.5) is 11.6 Å². The molecule has 0 saturated carbocycles. The molecule has 5 heteroatoms. The van der Waals surface area contributed by atoms with E-state index in [0.29, 0.717) is 12.4 Å². The van der Waals surface area contributed by atoms with Crippen molar-refractivity contribution in [1.29, 1.82) is 0 Å². The molecule has 3 aromatic rings. The lowest BCUT2D eigenvalue weighted by Gasteiger charge is -2.11. The maximum Gasteiger partial charge on any atom is 0.128 e. The normalized spacial score (nSPS) is 10.4. The molecule has 0 aliphatic heterocycles.